The van der Waals surface area contributed by atoms with E-state index < -0.39 is 0 Å². The van der Waals surface area contributed by atoms with E-state index in [0.29, 0.717) is 0 Å². The molecule has 0 bridgehead atoms. The maximum absolute atomic E-state index is 4.36. The standard InChI is InChI=1S/C19H21N3S/c1-13-6-9-16(10-7-13)18-20-21-19(22(18)4)23-12-17-11-14(2)5-8-15(17)3/h5-11H,12H2,1-4H3. The van der Waals surface area contributed by atoms with Gasteiger partial charge in [0.15, 0.2) is 11.0 Å². The molecule has 2 aromatic carbocycles. The second-order valence-electron chi connectivity index (χ2n) is 5.95. The smallest absolute Gasteiger partial charge is 0.191 e. The predicted molar refractivity (Wildman–Crippen MR) is 96.7 cm³/mol. The van der Waals surface area contributed by atoms with Gasteiger partial charge in [0, 0.05) is 18.4 Å². The van der Waals surface area contributed by atoms with E-state index in [2.05, 4.69) is 78.0 Å². The molecule has 0 aliphatic heterocycles. The quantitative estimate of drug-likeness (QED) is 0.652. The fraction of sp³-hybridized carbons (Fsp3) is 0.263. The Kier molecular flexibility index (Phi) is 4.53. The minimum Gasteiger partial charge on any atom is -0.305 e. The van der Waals surface area contributed by atoms with E-state index in [0.717, 1.165) is 22.3 Å². The molecular formula is C19H21N3S. The molecule has 0 fully saturated rings. The highest BCUT2D eigenvalue weighted by molar-refractivity contribution is 7.98. The molecule has 0 amide bonds. The van der Waals surface area contributed by atoms with E-state index in [9.17, 15) is 0 Å². The maximum atomic E-state index is 4.36. The summed E-state index contributed by atoms with van der Waals surface area (Å²) in [7, 11) is 2.03. The van der Waals surface area contributed by atoms with Crippen molar-refractivity contribution in [2.24, 2.45) is 7.05 Å². The first-order valence-electron chi connectivity index (χ1n) is 7.70. The topological polar surface area (TPSA) is 30.7 Å². The third-order valence-electron chi connectivity index (χ3n) is 4.01. The average Bonchev–Trinajstić information content (AvgIpc) is 2.90. The zero-order valence-corrected chi connectivity index (χ0v) is 14.8. The van der Waals surface area contributed by atoms with Crippen molar-refractivity contribution in [3.63, 3.8) is 0 Å². The third kappa shape index (κ3) is 3.48. The Balaban J connectivity index is 1.79. The molecule has 0 N–H and O–H groups in total. The summed E-state index contributed by atoms with van der Waals surface area (Å²) in [5.41, 5.74) is 6.33. The first-order chi connectivity index (χ1) is 11.0. The Morgan fingerprint density at radius 3 is 2.35 bits per heavy atom. The second kappa shape index (κ2) is 6.59. The molecule has 0 radical (unpaired) electrons. The van der Waals surface area contributed by atoms with Crippen molar-refractivity contribution < 1.29 is 0 Å². The van der Waals surface area contributed by atoms with Gasteiger partial charge in [-0.2, -0.15) is 0 Å². The van der Waals surface area contributed by atoms with Gasteiger partial charge in [-0.15, -0.1) is 10.2 Å². The lowest BCUT2D eigenvalue weighted by molar-refractivity contribution is 0.793. The summed E-state index contributed by atoms with van der Waals surface area (Å²) < 4.78 is 2.07. The van der Waals surface area contributed by atoms with Crippen LogP contribution in [0.15, 0.2) is 47.6 Å². The predicted octanol–water partition coefficient (Wildman–Crippen LogP) is 4.70. The number of nitrogens with zero attached hydrogens (tertiary/aromatic N) is 3. The van der Waals surface area contributed by atoms with E-state index in [-0.39, 0.29) is 0 Å². The Labute approximate surface area is 141 Å². The molecule has 3 rings (SSSR count). The Morgan fingerprint density at radius 2 is 1.61 bits per heavy atom. The first-order valence-corrected chi connectivity index (χ1v) is 8.68. The summed E-state index contributed by atoms with van der Waals surface area (Å²) in [6, 6.07) is 15.0. The summed E-state index contributed by atoms with van der Waals surface area (Å²) in [6.45, 7) is 6.38. The highest BCUT2D eigenvalue weighted by Crippen LogP contribution is 2.26. The van der Waals surface area contributed by atoms with E-state index in [1.165, 1.54) is 22.3 Å². The van der Waals surface area contributed by atoms with Crippen LogP contribution in [-0.4, -0.2) is 14.8 Å². The highest BCUT2D eigenvalue weighted by atomic mass is 32.2. The van der Waals surface area contributed by atoms with Crippen LogP contribution in [0.2, 0.25) is 0 Å². The van der Waals surface area contributed by atoms with Crippen LogP contribution in [0.3, 0.4) is 0 Å². The molecule has 3 nitrogen and oxygen atoms in total. The van der Waals surface area contributed by atoms with Gasteiger partial charge in [-0.3, -0.25) is 0 Å². The SMILES string of the molecule is Cc1ccc(-c2nnc(SCc3cc(C)ccc3C)n2C)cc1. The summed E-state index contributed by atoms with van der Waals surface area (Å²) in [6.07, 6.45) is 0. The molecule has 0 atom stereocenters. The fourth-order valence-corrected chi connectivity index (χ4v) is 3.47. The zero-order chi connectivity index (χ0) is 16.4. The molecule has 4 heteroatoms. The molecule has 0 unspecified atom stereocenters. The summed E-state index contributed by atoms with van der Waals surface area (Å²) >= 11 is 1.73. The van der Waals surface area contributed by atoms with Gasteiger partial charge >= 0.3 is 0 Å². The molecule has 1 aromatic heterocycles. The van der Waals surface area contributed by atoms with Gasteiger partial charge in [0.05, 0.1) is 0 Å². The largest absolute Gasteiger partial charge is 0.305 e. The molecule has 0 saturated heterocycles. The number of thioether (sulfide) groups is 1. The van der Waals surface area contributed by atoms with E-state index in [1.54, 1.807) is 11.8 Å². The van der Waals surface area contributed by atoms with Gasteiger partial charge < -0.3 is 4.57 Å². The van der Waals surface area contributed by atoms with Crippen molar-refractivity contribution >= 4 is 11.8 Å². The van der Waals surface area contributed by atoms with Crippen molar-refractivity contribution in [1.29, 1.82) is 0 Å². The number of rotatable bonds is 4. The number of benzene rings is 2. The van der Waals surface area contributed by atoms with Crippen LogP contribution >= 0.6 is 11.8 Å². The van der Waals surface area contributed by atoms with Crippen LogP contribution in [0.5, 0.6) is 0 Å². The fourth-order valence-electron chi connectivity index (χ4n) is 2.49. The average molecular weight is 323 g/mol. The van der Waals surface area contributed by atoms with Crippen molar-refractivity contribution in [3.8, 4) is 11.4 Å². The van der Waals surface area contributed by atoms with Crippen LogP contribution in [0.4, 0.5) is 0 Å². The summed E-state index contributed by atoms with van der Waals surface area (Å²) in [5, 5.41) is 9.66. The van der Waals surface area contributed by atoms with Crippen LogP contribution in [0.1, 0.15) is 22.3 Å². The van der Waals surface area contributed by atoms with Crippen LogP contribution in [-0.2, 0) is 12.8 Å². The van der Waals surface area contributed by atoms with Gasteiger partial charge in [0.2, 0.25) is 0 Å². The second-order valence-corrected chi connectivity index (χ2v) is 6.89. The van der Waals surface area contributed by atoms with E-state index >= 15 is 0 Å². The van der Waals surface area contributed by atoms with Gasteiger partial charge in [-0.05, 0) is 31.9 Å². The number of aromatic nitrogens is 3. The van der Waals surface area contributed by atoms with Gasteiger partial charge in [-0.1, -0.05) is 65.4 Å². The zero-order valence-electron chi connectivity index (χ0n) is 14.0. The van der Waals surface area contributed by atoms with Crippen molar-refractivity contribution in [1.82, 2.24) is 14.8 Å². The number of aryl methyl sites for hydroxylation is 3. The van der Waals surface area contributed by atoms with Crippen molar-refractivity contribution in [3.05, 3.63) is 64.7 Å². The minimum absolute atomic E-state index is 0.910. The Bertz CT molecular complexity index is 819. The lowest BCUT2D eigenvalue weighted by Gasteiger charge is -2.07. The van der Waals surface area contributed by atoms with Crippen LogP contribution in [0.25, 0.3) is 11.4 Å². The summed E-state index contributed by atoms with van der Waals surface area (Å²) in [5.74, 6) is 1.82. The first kappa shape index (κ1) is 15.8. The molecule has 3 aromatic rings. The lowest BCUT2D eigenvalue weighted by Crippen LogP contribution is -1.96. The van der Waals surface area contributed by atoms with E-state index in [1.807, 2.05) is 7.05 Å². The molecule has 0 aliphatic rings. The van der Waals surface area contributed by atoms with Gasteiger partial charge in [0.25, 0.3) is 0 Å². The van der Waals surface area contributed by atoms with Crippen molar-refractivity contribution in [2.75, 3.05) is 0 Å². The molecule has 0 saturated carbocycles. The Hall–Kier alpha value is -2.07. The van der Waals surface area contributed by atoms with Crippen molar-refractivity contribution in [2.45, 2.75) is 31.7 Å². The van der Waals surface area contributed by atoms with Crippen LogP contribution in [0, 0.1) is 20.8 Å². The number of hydrogen-bond acceptors (Lipinski definition) is 3. The Morgan fingerprint density at radius 1 is 0.913 bits per heavy atom. The van der Waals surface area contributed by atoms with Gasteiger partial charge in [0.1, 0.15) is 0 Å². The molecule has 118 valence electrons. The molecule has 0 aliphatic carbocycles. The minimum atomic E-state index is 0.910. The molecule has 1 heterocycles. The molecular weight excluding hydrogens is 302 g/mol. The maximum Gasteiger partial charge on any atom is 0.191 e. The number of hydrogen-bond donors (Lipinski definition) is 0. The molecule has 23 heavy (non-hydrogen) atoms. The third-order valence-corrected chi connectivity index (χ3v) is 5.08. The lowest BCUT2D eigenvalue weighted by atomic mass is 10.1. The summed E-state index contributed by atoms with van der Waals surface area (Å²) in [4.78, 5) is 0. The normalized spacial score (nSPS) is 11.0. The molecule has 0 spiro atoms. The monoisotopic (exact) mass is 323 g/mol. The van der Waals surface area contributed by atoms with Crippen LogP contribution < -0.4 is 0 Å². The highest BCUT2D eigenvalue weighted by Gasteiger charge is 2.11. The van der Waals surface area contributed by atoms with E-state index in [4.69, 9.17) is 0 Å². The van der Waals surface area contributed by atoms with Gasteiger partial charge in [-0.25, -0.2) is 0 Å².